The van der Waals surface area contributed by atoms with E-state index in [2.05, 4.69) is 9.88 Å². The topological polar surface area (TPSA) is 75.2 Å². The molecule has 6 nitrogen and oxygen atoms in total. The maximum atomic E-state index is 13.7. The van der Waals surface area contributed by atoms with E-state index >= 15 is 0 Å². The van der Waals surface area contributed by atoms with Crippen LogP contribution in [0.2, 0.25) is 0 Å². The lowest BCUT2D eigenvalue weighted by molar-refractivity contribution is 0.218. The average Bonchev–Trinajstić information content (AvgIpc) is 3.49. The van der Waals surface area contributed by atoms with Crippen LogP contribution in [0.4, 0.5) is 0 Å². The van der Waals surface area contributed by atoms with Gasteiger partial charge in [-0.15, -0.1) is 0 Å². The number of pyridine rings is 1. The molecular weight excluding hydrogens is 398 g/mol. The van der Waals surface area contributed by atoms with Gasteiger partial charge in [-0.25, -0.2) is 12.4 Å². The second-order valence-electron chi connectivity index (χ2n) is 8.66. The Labute approximate surface area is 176 Å². The molecule has 0 amide bonds. The number of rotatable bonds is 5. The molecule has 0 spiro atoms. The van der Waals surface area contributed by atoms with Gasteiger partial charge in [-0.2, -0.15) is 0 Å². The van der Waals surface area contributed by atoms with Crippen molar-refractivity contribution in [3.8, 4) is 0 Å². The van der Waals surface area contributed by atoms with Gasteiger partial charge in [0.15, 0.2) is 0 Å². The first-order valence-corrected chi connectivity index (χ1v) is 12.2. The molecule has 5 rings (SSSR count). The highest BCUT2D eigenvalue weighted by molar-refractivity contribution is 7.90. The third-order valence-electron chi connectivity index (χ3n) is 6.33. The number of nitrogens with one attached hydrogen (secondary N) is 1. The van der Waals surface area contributed by atoms with Gasteiger partial charge in [0.1, 0.15) is 5.52 Å². The number of aromatic nitrogens is 2. The molecule has 0 radical (unpaired) electrons. The van der Waals surface area contributed by atoms with Gasteiger partial charge in [0, 0.05) is 23.8 Å². The van der Waals surface area contributed by atoms with Gasteiger partial charge in [0.05, 0.1) is 4.90 Å². The first-order valence-electron chi connectivity index (χ1n) is 10.8. The third kappa shape index (κ3) is 3.40. The van der Waals surface area contributed by atoms with Crippen LogP contribution in [0, 0.1) is 6.92 Å². The number of hydrogen-bond acceptors (Lipinski definition) is 4. The number of hydrogen-bond donors (Lipinski definition) is 1. The van der Waals surface area contributed by atoms with Crippen LogP contribution in [0.3, 0.4) is 0 Å². The fraction of sp³-hybridized carbons (Fsp3) is 0.435. The molecule has 1 aliphatic carbocycles. The van der Waals surface area contributed by atoms with E-state index in [0.29, 0.717) is 18.2 Å². The van der Waals surface area contributed by atoms with E-state index in [1.165, 1.54) is 10.4 Å². The SMILES string of the molecule is Cc1ccc(S(=O)(=O)n2c(CN3CCCCC3)cc3c(C4CC4)c[nH]c(=O)c32)cc1. The van der Waals surface area contributed by atoms with Crippen LogP contribution >= 0.6 is 0 Å². The summed E-state index contributed by atoms with van der Waals surface area (Å²) in [6.45, 7) is 4.37. The van der Waals surface area contributed by atoms with E-state index in [1.54, 1.807) is 30.5 Å². The smallest absolute Gasteiger partial charge is 0.273 e. The fourth-order valence-electron chi connectivity index (χ4n) is 4.55. The first kappa shape index (κ1) is 19.6. The molecule has 158 valence electrons. The number of nitrogens with zero attached hydrogens (tertiary/aromatic N) is 2. The predicted octanol–water partition coefficient (Wildman–Crippen LogP) is 3.74. The van der Waals surface area contributed by atoms with Crippen molar-refractivity contribution in [2.75, 3.05) is 13.1 Å². The Morgan fingerprint density at radius 1 is 1.07 bits per heavy atom. The highest BCUT2D eigenvalue weighted by atomic mass is 32.2. The highest BCUT2D eigenvalue weighted by Gasteiger charge is 2.31. The van der Waals surface area contributed by atoms with E-state index < -0.39 is 10.0 Å². The summed E-state index contributed by atoms with van der Waals surface area (Å²) in [6, 6.07) is 8.78. The van der Waals surface area contributed by atoms with Crippen LogP contribution in [-0.2, 0) is 16.6 Å². The monoisotopic (exact) mass is 425 g/mol. The molecule has 3 aromatic rings. The molecule has 2 fully saturated rings. The third-order valence-corrected chi connectivity index (χ3v) is 8.09. The molecule has 0 unspecified atom stereocenters. The molecule has 1 saturated heterocycles. The summed E-state index contributed by atoms with van der Waals surface area (Å²) in [6.07, 6.45) is 7.40. The number of fused-ring (bicyclic) bond motifs is 1. The Kier molecular flexibility index (Phi) is 4.82. The lowest BCUT2D eigenvalue weighted by Crippen LogP contribution is -2.31. The number of benzene rings is 1. The summed E-state index contributed by atoms with van der Waals surface area (Å²) < 4.78 is 28.8. The Morgan fingerprint density at radius 3 is 2.43 bits per heavy atom. The molecule has 2 aliphatic rings. The van der Waals surface area contributed by atoms with Crippen molar-refractivity contribution >= 4 is 20.9 Å². The summed E-state index contributed by atoms with van der Waals surface area (Å²) >= 11 is 0. The summed E-state index contributed by atoms with van der Waals surface area (Å²) in [5.41, 5.74) is 2.63. The largest absolute Gasteiger partial charge is 0.327 e. The maximum Gasteiger partial charge on any atom is 0.273 e. The molecule has 1 saturated carbocycles. The summed E-state index contributed by atoms with van der Waals surface area (Å²) in [5.74, 6) is 0.408. The van der Waals surface area contributed by atoms with Crippen LogP contribution < -0.4 is 5.56 Å². The van der Waals surface area contributed by atoms with Gasteiger partial charge >= 0.3 is 0 Å². The van der Waals surface area contributed by atoms with Gasteiger partial charge in [-0.3, -0.25) is 9.69 Å². The standard InChI is InChI=1S/C23H27N3O3S/c1-16-5-9-19(10-6-16)30(28,29)26-18(15-25-11-3-2-4-12-25)13-20-21(17-7-8-17)14-24-23(27)22(20)26/h5-6,9-10,13-14,17H,2-4,7-8,11-12,15H2,1H3,(H,24,27). The van der Waals surface area contributed by atoms with Crippen molar-refractivity contribution in [2.45, 2.75) is 56.4 Å². The minimum atomic E-state index is -3.89. The van der Waals surface area contributed by atoms with Crippen LogP contribution in [0.1, 0.15) is 54.8 Å². The highest BCUT2D eigenvalue weighted by Crippen LogP contribution is 2.43. The van der Waals surface area contributed by atoms with Crippen LogP contribution in [0.5, 0.6) is 0 Å². The molecule has 3 heterocycles. The minimum Gasteiger partial charge on any atom is -0.327 e. The van der Waals surface area contributed by atoms with Crippen LogP contribution in [-0.4, -0.2) is 35.4 Å². The predicted molar refractivity (Wildman–Crippen MR) is 117 cm³/mol. The van der Waals surface area contributed by atoms with Gasteiger partial charge in [-0.1, -0.05) is 24.1 Å². The summed E-state index contributed by atoms with van der Waals surface area (Å²) in [4.78, 5) is 18.2. The summed E-state index contributed by atoms with van der Waals surface area (Å²) in [5, 5.41) is 0.781. The number of aromatic amines is 1. The average molecular weight is 426 g/mol. The molecule has 0 atom stereocenters. The van der Waals surface area contributed by atoms with Gasteiger partial charge in [-0.05, 0) is 75.4 Å². The zero-order valence-corrected chi connectivity index (χ0v) is 18.0. The molecule has 2 aromatic heterocycles. The van der Waals surface area contributed by atoms with Crippen molar-refractivity contribution in [3.63, 3.8) is 0 Å². The summed E-state index contributed by atoms with van der Waals surface area (Å²) in [7, 11) is -3.89. The van der Waals surface area contributed by atoms with E-state index in [1.807, 2.05) is 13.0 Å². The number of H-pyrrole nitrogens is 1. The molecule has 30 heavy (non-hydrogen) atoms. The molecular formula is C23H27N3O3S. The van der Waals surface area contributed by atoms with Gasteiger partial charge in [0.25, 0.3) is 15.6 Å². The Balaban J connectivity index is 1.73. The lowest BCUT2D eigenvalue weighted by atomic mass is 10.1. The van der Waals surface area contributed by atoms with Crippen molar-refractivity contribution in [2.24, 2.45) is 0 Å². The van der Waals surface area contributed by atoms with Crippen LogP contribution in [0.15, 0.2) is 46.2 Å². The number of piperidine rings is 1. The van der Waals surface area contributed by atoms with Crippen molar-refractivity contribution in [1.29, 1.82) is 0 Å². The van der Waals surface area contributed by atoms with Gasteiger partial charge < -0.3 is 4.98 Å². The maximum absolute atomic E-state index is 13.7. The van der Waals surface area contributed by atoms with Crippen molar-refractivity contribution in [3.05, 3.63) is 63.7 Å². The van der Waals surface area contributed by atoms with E-state index in [0.717, 1.165) is 55.3 Å². The van der Waals surface area contributed by atoms with Crippen LogP contribution in [0.25, 0.3) is 10.9 Å². The quantitative estimate of drug-likeness (QED) is 0.676. The van der Waals surface area contributed by atoms with E-state index in [-0.39, 0.29) is 16.0 Å². The number of likely N-dealkylation sites (tertiary alicyclic amines) is 1. The van der Waals surface area contributed by atoms with Crippen molar-refractivity contribution < 1.29 is 8.42 Å². The van der Waals surface area contributed by atoms with E-state index in [4.69, 9.17) is 0 Å². The van der Waals surface area contributed by atoms with Gasteiger partial charge in [0.2, 0.25) is 0 Å². The van der Waals surface area contributed by atoms with E-state index in [9.17, 15) is 13.2 Å². The fourth-order valence-corrected chi connectivity index (χ4v) is 6.08. The zero-order chi connectivity index (χ0) is 20.9. The second-order valence-corrected chi connectivity index (χ2v) is 10.5. The molecule has 1 aliphatic heterocycles. The Morgan fingerprint density at radius 2 is 1.77 bits per heavy atom. The zero-order valence-electron chi connectivity index (χ0n) is 17.2. The molecule has 0 bridgehead atoms. The van der Waals surface area contributed by atoms with Crippen molar-refractivity contribution in [1.82, 2.24) is 13.9 Å². The normalized spacial score (nSPS) is 18.2. The Bertz CT molecular complexity index is 1250. The lowest BCUT2D eigenvalue weighted by Gasteiger charge is -2.26. The first-order chi connectivity index (χ1) is 14.4. The molecule has 7 heteroatoms. The second kappa shape index (κ2) is 7.39. The minimum absolute atomic E-state index is 0.210. The molecule has 1 N–H and O–H groups in total. The number of aryl methyl sites for hydroxylation is 1. The Hall–Kier alpha value is -2.38. The molecule has 1 aromatic carbocycles.